The molecule has 110 valence electrons. The summed E-state index contributed by atoms with van der Waals surface area (Å²) >= 11 is 0. The van der Waals surface area contributed by atoms with Gasteiger partial charge >= 0.3 is 5.69 Å². The Hall–Kier alpha value is -3.18. The van der Waals surface area contributed by atoms with E-state index in [1.54, 1.807) is 0 Å². The zero-order chi connectivity index (χ0) is 15.9. The Morgan fingerprint density at radius 3 is 2.00 bits per heavy atom. The van der Waals surface area contributed by atoms with Crippen molar-refractivity contribution in [3.8, 4) is 0 Å². The van der Waals surface area contributed by atoms with Crippen LogP contribution in [-0.2, 0) is 5.54 Å². The summed E-state index contributed by atoms with van der Waals surface area (Å²) < 4.78 is 4.36. The molecule has 0 aliphatic rings. The van der Waals surface area contributed by atoms with Crippen LogP contribution in [-0.4, -0.2) is 25.1 Å². The highest BCUT2D eigenvalue weighted by atomic mass is 16.6. The lowest BCUT2D eigenvalue weighted by Crippen LogP contribution is -2.29. The third kappa shape index (κ3) is 2.01. The molecule has 12 nitrogen and oxygen atoms in total. The third-order valence-electron chi connectivity index (χ3n) is 2.96. The number of nitrogens with zero attached hydrogens (tertiary/aromatic N) is 5. The zero-order valence-corrected chi connectivity index (χ0v) is 10.7. The minimum Gasteiger partial charge on any atom is -0.264 e. The van der Waals surface area contributed by atoms with E-state index in [1.807, 2.05) is 0 Å². The largest absolute Gasteiger partial charge is 0.307 e. The fourth-order valence-corrected chi connectivity index (χ4v) is 1.89. The van der Waals surface area contributed by atoms with Gasteiger partial charge in [-0.2, -0.15) is 0 Å². The fourth-order valence-electron chi connectivity index (χ4n) is 1.89. The minimum atomic E-state index is -1.91. The van der Waals surface area contributed by atoms with Gasteiger partial charge < -0.3 is 0 Å². The van der Waals surface area contributed by atoms with Gasteiger partial charge in [0.1, 0.15) is 5.56 Å². The second kappa shape index (κ2) is 4.43. The molecule has 0 amide bonds. The van der Waals surface area contributed by atoms with E-state index in [2.05, 4.69) is 14.9 Å². The third-order valence-corrected chi connectivity index (χ3v) is 2.96. The highest BCUT2D eigenvalue weighted by molar-refractivity contribution is 5.90. The number of hydrogen-bond acceptors (Lipinski definition) is 9. The van der Waals surface area contributed by atoms with Gasteiger partial charge in [0, 0.05) is 18.8 Å². The van der Waals surface area contributed by atoms with Crippen LogP contribution in [0, 0.1) is 30.3 Å². The van der Waals surface area contributed by atoms with Gasteiger partial charge in [0.05, 0.1) is 15.9 Å². The Morgan fingerprint density at radius 1 is 1.00 bits per heavy atom. The van der Waals surface area contributed by atoms with Crippen LogP contribution in [0.15, 0.2) is 10.7 Å². The standard InChI is InChI=1S/C9H7N5O7/c1-9(2,14(19)20)6-4(12(15)16)3-5(13(17)18)7-8(6)11-21-10-7/h3H,1-2H3. The molecule has 2 rings (SSSR count). The molecule has 0 fully saturated rings. The van der Waals surface area contributed by atoms with Crippen LogP contribution in [0.3, 0.4) is 0 Å². The van der Waals surface area contributed by atoms with E-state index >= 15 is 0 Å². The summed E-state index contributed by atoms with van der Waals surface area (Å²) in [6.45, 7) is 2.24. The molecule has 0 aliphatic carbocycles. The molecule has 0 aliphatic heterocycles. The van der Waals surface area contributed by atoms with Gasteiger partial charge in [-0.25, -0.2) is 4.63 Å². The fraction of sp³-hybridized carbons (Fsp3) is 0.333. The molecule has 1 aromatic carbocycles. The number of nitro benzene ring substituents is 2. The molecule has 0 saturated carbocycles. The quantitative estimate of drug-likeness (QED) is 0.599. The molecule has 2 aromatic rings. The van der Waals surface area contributed by atoms with Crippen LogP contribution in [0.2, 0.25) is 0 Å². The maximum atomic E-state index is 11.2. The van der Waals surface area contributed by atoms with Crippen LogP contribution in [0.25, 0.3) is 11.0 Å². The van der Waals surface area contributed by atoms with Gasteiger partial charge in [-0.1, -0.05) is 0 Å². The summed E-state index contributed by atoms with van der Waals surface area (Å²) in [4.78, 5) is 30.6. The van der Waals surface area contributed by atoms with Crippen molar-refractivity contribution in [1.82, 2.24) is 10.3 Å². The van der Waals surface area contributed by atoms with Gasteiger partial charge in [0.2, 0.25) is 5.52 Å². The normalized spacial score (nSPS) is 11.5. The molecule has 1 heterocycles. The van der Waals surface area contributed by atoms with Crippen molar-refractivity contribution in [2.45, 2.75) is 19.4 Å². The molecule has 1 aromatic heterocycles. The summed E-state index contributed by atoms with van der Waals surface area (Å²) in [7, 11) is 0. The van der Waals surface area contributed by atoms with Gasteiger partial charge in [0.15, 0.2) is 5.52 Å². The van der Waals surface area contributed by atoms with E-state index in [-0.39, 0.29) is 11.0 Å². The second-order valence-corrected chi connectivity index (χ2v) is 4.58. The Morgan fingerprint density at radius 2 is 1.52 bits per heavy atom. The summed E-state index contributed by atoms with van der Waals surface area (Å²) in [6.07, 6.45) is 0. The van der Waals surface area contributed by atoms with E-state index in [9.17, 15) is 30.3 Å². The molecule has 21 heavy (non-hydrogen) atoms. The average molecular weight is 297 g/mol. The number of nitro groups is 3. The van der Waals surface area contributed by atoms with E-state index in [0.717, 1.165) is 13.8 Å². The molecular weight excluding hydrogens is 290 g/mol. The first kappa shape index (κ1) is 14.2. The Kier molecular flexibility index (Phi) is 3.00. The van der Waals surface area contributed by atoms with Crippen molar-refractivity contribution in [2.24, 2.45) is 0 Å². The summed E-state index contributed by atoms with van der Waals surface area (Å²) in [6, 6.07) is 0.618. The number of non-ortho nitro benzene ring substituents is 1. The van der Waals surface area contributed by atoms with E-state index in [0.29, 0.717) is 6.07 Å². The van der Waals surface area contributed by atoms with Crippen molar-refractivity contribution in [3.63, 3.8) is 0 Å². The lowest BCUT2D eigenvalue weighted by molar-refractivity contribution is -0.570. The molecule has 0 bridgehead atoms. The molecule has 0 radical (unpaired) electrons. The monoisotopic (exact) mass is 297 g/mol. The van der Waals surface area contributed by atoms with E-state index in [1.165, 1.54) is 0 Å². The number of fused-ring (bicyclic) bond motifs is 1. The number of aromatic nitrogens is 2. The van der Waals surface area contributed by atoms with Crippen molar-refractivity contribution in [3.05, 3.63) is 42.0 Å². The Bertz CT molecular complexity index is 780. The van der Waals surface area contributed by atoms with E-state index in [4.69, 9.17) is 0 Å². The molecule has 12 heteroatoms. The highest BCUT2D eigenvalue weighted by Crippen LogP contribution is 2.40. The molecule has 0 saturated heterocycles. The van der Waals surface area contributed by atoms with Crippen LogP contribution < -0.4 is 0 Å². The number of benzene rings is 1. The lowest BCUT2D eigenvalue weighted by atomic mass is 9.91. The first-order chi connectivity index (χ1) is 9.67. The summed E-state index contributed by atoms with van der Waals surface area (Å²) in [5, 5.41) is 39.8. The molecule has 0 atom stereocenters. The Labute approximate surface area is 114 Å². The first-order valence-corrected chi connectivity index (χ1v) is 5.41. The minimum absolute atomic E-state index is 0.377. The van der Waals surface area contributed by atoms with Crippen molar-refractivity contribution >= 4 is 22.4 Å². The van der Waals surface area contributed by atoms with Crippen LogP contribution in [0.1, 0.15) is 19.4 Å². The molecular formula is C9H7N5O7. The van der Waals surface area contributed by atoms with Gasteiger partial charge in [-0.15, -0.1) is 0 Å². The van der Waals surface area contributed by atoms with Crippen molar-refractivity contribution in [2.75, 3.05) is 0 Å². The lowest BCUT2D eigenvalue weighted by Gasteiger charge is -2.15. The molecule has 0 N–H and O–H groups in total. The van der Waals surface area contributed by atoms with Gasteiger partial charge in [-0.3, -0.25) is 30.3 Å². The van der Waals surface area contributed by atoms with Crippen LogP contribution in [0.5, 0.6) is 0 Å². The predicted octanol–water partition coefficient (Wildman–Crippen LogP) is 1.55. The van der Waals surface area contributed by atoms with E-state index < -0.39 is 37.2 Å². The highest BCUT2D eigenvalue weighted by Gasteiger charge is 2.45. The van der Waals surface area contributed by atoms with Gasteiger partial charge in [0.25, 0.3) is 11.2 Å². The van der Waals surface area contributed by atoms with Crippen molar-refractivity contribution < 1.29 is 19.4 Å². The zero-order valence-electron chi connectivity index (χ0n) is 10.7. The van der Waals surface area contributed by atoms with Crippen molar-refractivity contribution in [1.29, 1.82) is 0 Å². The Balaban J connectivity index is 2.99. The maximum absolute atomic E-state index is 11.2. The number of rotatable bonds is 4. The van der Waals surface area contributed by atoms with Crippen LogP contribution in [0.4, 0.5) is 11.4 Å². The number of hydrogen-bond donors (Lipinski definition) is 0. The summed E-state index contributed by atoms with van der Waals surface area (Å²) in [5.74, 6) is 0. The smallest absolute Gasteiger partial charge is 0.264 e. The second-order valence-electron chi connectivity index (χ2n) is 4.58. The van der Waals surface area contributed by atoms with Gasteiger partial charge in [-0.05, 0) is 10.3 Å². The predicted molar refractivity (Wildman–Crippen MR) is 65.1 cm³/mol. The maximum Gasteiger partial charge on any atom is 0.307 e. The van der Waals surface area contributed by atoms with Crippen LogP contribution >= 0.6 is 0 Å². The summed E-state index contributed by atoms with van der Waals surface area (Å²) in [5.41, 5.74) is -4.56. The molecule has 0 unspecified atom stereocenters. The molecule has 0 spiro atoms. The topological polar surface area (TPSA) is 168 Å². The first-order valence-electron chi connectivity index (χ1n) is 5.41. The SMILES string of the molecule is CC(C)(c1c([N+](=O)[O-])cc([N+](=O)[O-])c2nonc12)[N+](=O)[O-]. The average Bonchev–Trinajstić information content (AvgIpc) is 2.84.